The number of halogens is 3. The van der Waals surface area contributed by atoms with E-state index in [2.05, 4.69) is 5.32 Å². The van der Waals surface area contributed by atoms with E-state index in [1.807, 2.05) is 0 Å². The number of benzene rings is 3. The van der Waals surface area contributed by atoms with E-state index in [1.54, 1.807) is 42.5 Å². The third-order valence-corrected chi connectivity index (χ3v) is 7.27. The second kappa shape index (κ2) is 21.1. The minimum absolute atomic E-state index is 0.0140. The molecule has 0 bridgehead atoms. The van der Waals surface area contributed by atoms with Gasteiger partial charge in [-0.05, 0) is 42.5 Å². The molecule has 0 atom stereocenters. The quantitative estimate of drug-likeness (QED) is 0.0763. The highest BCUT2D eigenvalue weighted by molar-refractivity contribution is 6.21. The smallest absolute Gasteiger partial charge is 0.416 e. The number of para-hydroxylation sites is 1. The molecule has 1 aliphatic heterocycles. The minimum atomic E-state index is -4.48. The molecule has 2 amide bonds. The van der Waals surface area contributed by atoms with Crippen LogP contribution in [0.1, 0.15) is 36.6 Å². The Kier molecular flexibility index (Phi) is 16.3. The zero-order chi connectivity index (χ0) is 36.3. The van der Waals surface area contributed by atoms with Crippen LogP contribution in [0, 0.1) is 0 Å². The lowest BCUT2D eigenvalue weighted by Crippen LogP contribution is -2.33. The van der Waals surface area contributed by atoms with Gasteiger partial charge in [0.2, 0.25) is 0 Å². The summed E-state index contributed by atoms with van der Waals surface area (Å²) in [5.74, 6) is -1.24. The number of hydrogen-bond donors (Lipinski definition) is 1. The molecule has 1 heterocycles. The van der Waals surface area contributed by atoms with Gasteiger partial charge in [-0.1, -0.05) is 30.3 Å². The number of anilines is 2. The number of carbonyl (C=O) groups excluding carboxylic acids is 3. The number of rotatable bonds is 24. The molecule has 1 N–H and O–H groups in total. The van der Waals surface area contributed by atoms with Crippen molar-refractivity contribution < 1.29 is 60.7 Å². The van der Waals surface area contributed by atoms with Crippen LogP contribution in [0.5, 0.6) is 0 Å². The Morgan fingerprint density at radius 3 is 1.59 bits per heavy atom. The topological polar surface area (TPSA) is 131 Å². The fourth-order valence-electron chi connectivity index (χ4n) is 4.77. The van der Waals surface area contributed by atoms with Gasteiger partial charge < -0.3 is 38.5 Å². The average molecular weight is 719 g/mol. The van der Waals surface area contributed by atoms with E-state index in [4.69, 9.17) is 33.2 Å². The van der Waals surface area contributed by atoms with E-state index < -0.39 is 17.7 Å². The molecule has 3 aromatic rings. The second-order valence-electron chi connectivity index (χ2n) is 10.9. The maximum atomic E-state index is 13.0. The Hall–Kier alpha value is -4.38. The van der Waals surface area contributed by atoms with Gasteiger partial charge in [-0.2, -0.15) is 13.2 Å². The Morgan fingerprint density at radius 2 is 1.06 bits per heavy atom. The molecule has 0 aromatic heterocycles. The van der Waals surface area contributed by atoms with Gasteiger partial charge in [-0.25, -0.2) is 4.79 Å². The average Bonchev–Trinajstić information content (AvgIpc) is 3.37. The van der Waals surface area contributed by atoms with E-state index in [-0.39, 0.29) is 56.0 Å². The number of carbonyl (C=O) groups is 3. The van der Waals surface area contributed by atoms with Crippen molar-refractivity contribution in [3.8, 4) is 0 Å². The van der Waals surface area contributed by atoms with Gasteiger partial charge in [0, 0.05) is 5.69 Å². The molecule has 0 spiro atoms. The standard InChI is InChI=1S/C36H41F3N2O10/c37-36(38,39)27-6-5-7-28(26-27)40-32-11-4-3-10-31(32)35(44)51-25-24-50-23-22-49-21-20-48-19-18-47-17-16-46-15-14-45-13-12-41-33(42)29-8-1-2-9-30(29)34(41)43/h1-11,26,40H,12-25H2. The molecule has 0 fully saturated rings. The summed E-state index contributed by atoms with van der Waals surface area (Å²) in [6, 6.07) is 17.8. The van der Waals surface area contributed by atoms with Gasteiger partial charge in [0.05, 0.1) is 114 Å². The van der Waals surface area contributed by atoms with Crippen LogP contribution in [-0.4, -0.2) is 115 Å². The maximum Gasteiger partial charge on any atom is 0.416 e. The molecule has 12 nitrogen and oxygen atoms in total. The summed E-state index contributed by atoms with van der Waals surface area (Å²) in [5.41, 5.74) is 0.717. The van der Waals surface area contributed by atoms with Crippen molar-refractivity contribution in [2.45, 2.75) is 6.18 Å². The molecule has 0 aliphatic carbocycles. The molecular formula is C36H41F3N2O10. The number of nitrogens with one attached hydrogen (secondary N) is 1. The largest absolute Gasteiger partial charge is 0.460 e. The monoisotopic (exact) mass is 718 g/mol. The van der Waals surface area contributed by atoms with Crippen molar-refractivity contribution in [1.82, 2.24) is 4.90 Å². The molecule has 0 radical (unpaired) electrons. The van der Waals surface area contributed by atoms with Crippen LogP contribution in [0.15, 0.2) is 72.8 Å². The van der Waals surface area contributed by atoms with Gasteiger partial charge in [0.25, 0.3) is 11.8 Å². The number of esters is 1. The van der Waals surface area contributed by atoms with Crippen LogP contribution in [0.4, 0.5) is 24.5 Å². The van der Waals surface area contributed by atoms with Gasteiger partial charge in [0.1, 0.15) is 6.61 Å². The van der Waals surface area contributed by atoms with E-state index in [0.29, 0.717) is 76.3 Å². The van der Waals surface area contributed by atoms with Crippen LogP contribution in [0.2, 0.25) is 0 Å². The summed E-state index contributed by atoms with van der Waals surface area (Å²) in [5, 5.41) is 2.85. The van der Waals surface area contributed by atoms with Crippen molar-refractivity contribution in [3.63, 3.8) is 0 Å². The summed E-state index contributed by atoms with van der Waals surface area (Å²) < 4.78 is 77.1. The number of amides is 2. The number of nitrogens with zero attached hydrogens (tertiary/aromatic N) is 1. The zero-order valence-electron chi connectivity index (χ0n) is 28.0. The van der Waals surface area contributed by atoms with Crippen LogP contribution < -0.4 is 5.32 Å². The first-order chi connectivity index (χ1) is 24.8. The molecule has 3 aromatic carbocycles. The Bertz CT molecular complexity index is 1520. The van der Waals surface area contributed by atoms with Crippen LogP contribution >= 0.6 is 0 Å². The first-order valence-corrected chi connectivity index (χ1v) is 16.4. The van der Waals surface area contributed by atoms with E-state index >= 15 is 0 Å². The normalized spacial score (nSPS) is 12.7. The second-order valence-corrected chi connectivity index (χ2v) is 10.9. The third kappa shape index (κ3) is 13.0. The van der Waals surface area contributed by atoms with Crippen LogP contribution in [0.25, 0.3) is 0 Å². The lowest BCUT2D eigenvalue weighted by Gasteiger charge is -2.14. The summed E-state index contributed by atoms with van der Waals surface area (Å²) in [4.78, 5) is 38.4. The first kappa shape index (κ1) is 39.4. The first-order valence-electron chi connectivity index (χ1n) is 16.4. The van der Waals surface area contributed by atoms with Gasteiger partial charge in [-0.3, -0.25) is 14.5 Å². The predicted octanol–water partition coefficient (Wildman–Crippen LogP) is 5.00. The summed E-state index contributed by atoms with van der Waals surface area (Å²) in [6.07, 6.45) is -4.48. The number of fused-ring (bicyclic) bond motifs is 1. The van der Waals surface area contributed by atoms with Crippen molar-refractivity contribution in [3.05, 3.63) is 95.1 Å². The number of hydrogen-bond acceptors (Lipinski definition) is 11. The number of imide groups is 1. The molecule has 0 saturated heterocycles. The molecule has 15 heteroatoms. The molecule has 0 saturated carbocycles. The molecule has 51 heavy (non-hydrogen) atoms. The lowest BCUT2D eigenvalue weighted by atomic mass is 10.1. The Morgan fingerprint density at radius 1 is 0.588 bits per heavy atom. The molecule has 1 aliphatic rings. The van der Waals surface area contributed by atoms with Crippen molar-refractivity contribution in [1.29, 1.82) is 0 Å². The van der Waals surface area contributed by atoms with E-state index in [0.717, 1.165) is 12.1 Å². The molecule has 4 rings (SSSR count). The highest BCUT2D eigenvalue weighted by Crippen LogP contribution is 2.32. The van der Waals surface area contributed by atoms with Gasteiger partial charge in [0.15, 0.2) is 0 Å². The van der Waals surface area contributed by atoms with Gasteiger partial charge in [-0.15, -0.1) is 0 Å². The SMILES string of the molecule is O=C(OCCOCCOCCOCCOCCOCCOCCN1C(=O)c2ccccc2C1=O)c1ccccc1Nc1cccc(C(F)(F)F)c1. The number of alkyl halides is 3. The fourth-order valence-corrected chi connectivity index (χ4v) is 4.77. The molecule has 276 valence electrons. The summed E-state index contributed by atoms with van der Waals surface area (Å²) >= 11 is 0. The summed E-state index contributed by atoms with van der Waals surface area (Å²) in [6.45, 7) is 4.14. The Balaban J connectivity index is 0.907. The van der Waals surface area contributed by atoms with E-state index in [1.165, 1.54) is 23.1 Å². The van der Waals surface area contributed by atoms with Crippen molar-refractivity contribution >= 4 is 29.2 Å². The maximum absolute atomic E-state index is 13.0. The van der Waals surface area contributed by atoms with Crippen LogP contribution in [0.3, 0.4) is 0 Å². The third-order valence-electron chi connectivity index (χ3n) is 7.27. The summed E-state index contributed by atoms with van der Waals surface area (Å²) in [7, 11) is 0. The van der Waals surface area contributed by atoms with Crippen molar-refractivity contribution in [2.24, 2.45) is 0 Å². The Labute approximate surface area is 293 Å². The highest BCUT2D eigenvalue weighted by Gasteiger charge is 2.34. The van der Waals surface area contributed by atoms with E-state index in [9.17, 15) is 27.6 Å². The minimum Gasteiger partial charge on any atom is -0.460 e. The predicted molar refractivity (Wildman–Crippen MR) is 178 cm³/mol. The van der Waals surface area contributed by atoms with Crippen molar-refractivity contribution in [2.75, 3.05) is 97.8 Å². The van der Waals surface area contributed by atoms with Crippen LogP contribution in [-0.2, 0) is 39.3 Å². The molecule has 0 unspecified atom stereocenters. The fraction of sp³-hybridized carbons (Fsp3) is 0.417. The van der Waals surface area contributed by atoms with Gasteiger partial charge >= 0.3 is 12.1 Å². The molecular weight excluding hydrogens is 677 g/mol. The zero-order valence-corrected chi connectivity index (χ0v) is 28.0. The highest BCUT2D eigenvalue weighted by atomic mass is 19.4. The number of ether oxygens (including phenoxy) is 7. The lowest BCUT2D eigenvalue weighted by molar-refractivity contribution is -0.137.